The summed E-state index contributed by atoms with van der Waals surface area (Å²) < 4.78 is 71.8. The lowest BCUT2D eigenvalue weighted by atomic mass is 10.1. The maximum atomic E-state index is 13.5. The van der Waals surface area contributed by atoms with E-state index in [1.54, 1.807) is 49.9 Å². The number of hydrogen-bond acceptors (Lipinski definition) is 7. The number of sulfone groups is 1. The van der Waals surface area contributed by atoms with E-state index in [1.807, 2.05) is 6.07 Å². The zero-order valence-electron chi connectivity index (χ0n) is 21.8. The van der Waals surface area contributed by atoms with E-state index in [2.05, 4.69) is 15.0 Å². The van der Waals surface area contributed by atoms with Gasteiger partial charge in [-0.3, -0.25) is 4.79 Å². The Morgan fingerprint density at radius 1 is 1.07 bits per heavy atom. The molecule has 0 saturated carbocycles. The number of benzene rings is 2. The lowest BCUT2D eigenvalue weighted by Crippen LogP contribution is -2.45. The molecule has 40 heavy (non-hydrogen) atoms. The van der Waals surface area contributed by atoms with E-state index in [9.17, 15) is 31.2 Å². The number of carbonyl (C=O) groups is 2. The minimum atomic E-state index is -4.87. The lowest BCUT2D eigenvalue weighted by molar-refractivity contribution is -0.274. The summed E-state index contributed by atoms with van der Waals surface area (Å²) in [6, 6.07) is 12.2. The third-order valence-electron chi connectivity index (χ3n) is 5.89. The summed E-state index contributed by atoms with van der Waals surface area (Å²) >= 11 is 1.10. The van der Waals surface area contributed by atoms with Crippen molar-refractivity contribution in [3.05, 3.63) is 60.2 Å². The van der Waals surface area contributed by atoms with E-state index in [1.165, 1.54) is 12.1 Å². The third kappa shape index (κ3) is 7.90. The quantitative estimate of drug-likeness (QED) is 0.522. The number of rotatable bonds is 6. The number of hydrogen-bond donors (Lipinski definition) is 1. The number of nitrogens with one attached hydrogen (secondary N) is 1. The largest absolute Gasteiger partial charge is 0.573 e. The van der Waals surface area contributed by atoms with Crippen LogP contribution in [0.5, 0.6) is 5.75 Å². The summed E-state index contributed by atoms with van der Waals surface area (Å²) in [6.07, 6.45) is -5.56. The van der Waals surface area contributed by atoms with Crippen molar-refractivity contribution in [1.82, 2.24) is 5.32 Å². The molecule has 9 nitrogen and oxygen atoms in total. The van der Waals surface area contributed by atoms with Gasteiger partial charge < -0.3 is 19.7 Å². The normalized spacial score (nSPS) is 22.1. The van der Waals surface area contributed by atoms with E-state index in [0.29, 0.717) is 5.69 Å². The van der Waals surface area contributed by atoms with Gasteiger partial charge in [-0.2, -0.15) is 4.99 Å². The molecule has 216 valence electrons. The van der Waals surface area contributed by atoms with Gasteiger partial charge in [-0.15, -0.1) is 13.2 Å². The van der Waals surface area contributed by atoms with Crippen molar-refractivity contribution in [1.29, 1.82) is 0 Å². The number of halogens is 3. The number of fused-ring (bicyclic) bond motifs is 1. The van der Waals surface area contributed by atoms with Crippen molar-refractivity contribution in [3.63, 3.8) is 0 Å². The summed E-state index contributed by atoms with van der Waals surface area (Å²) in [5.41, 5.74) is 0.299. The van der Waals surface area contributed by atoms with Gasteiger partial charge in [-0.1, -0.05) is 42.1 Å². The van der Waals surface area contributed by atoms with Crippen molar-refractivity contribution >= 4 is 44.5 Å². The van der Waals surface area contributed by atoms with Gasteiger partial charge in [0.2, 0.25) is 0 Å². The fourth-order valence-electron chi connectivity index (χ4n) is 4.35. The van der Waals surface area contributed by atoms with Gasteiger partial charge >= 0.3 is 12.5 Å². The summed E-state index contributed by atoms with van der Waals surface area (Å²) in [4.78, 5) is 31.8. The van der Waals surface area contributed by atoms with E-state index in [-0.39, 0.29) is 23.1 Å². The van der Waals surface area contributed by atoms with Gasteiger partial charge in [-0.05, 0) is 50.6 Å². The van der Waals surface area contributed by atoms with Crippen LogP contribution in [0.2, 0.25) is 0 Å². The van der Waals surface area contributed by atoms with E-state index >= 15 is 0 Å². The minimum absolute atomic E-state index is 0.116. The van der Waals surface area contributed by atoms with Crippen molar-refractivity contribution in [2.24, 2.45) is 4.99 Å². The first-order valence-corrected chi connectivity index (χ1v) is 15.0. The molecule has 1 N–H and O–H groups in total. The molecule has 0 bridgehead atoms. The van der Waals surface area contributed by atoms with Crippen LogP contribution in [0.15, 0.2) is 59.6 Å². The standard InChI is InChI=1S/C26H28F3N3O6S2/c1-25(2,3)38-24(34)30-19(13-16-7-5-4-6-8-16)22(33)31-23-32(20-14-40(35,36)15-21(20)39-23)17-9-11-18(12-10-17)37-26(27,28)29/h4-12,19-21H,13-15H2,1-3H3,(H,30,34)/t19-,20+,21+/m1/s1. The molecule has 2 aliphatic rings. The second-order valence-electron chi connectivity index (χ2n) is 10.3. The van der Waals surface area contributed by atoms with Crippen LogP contribution in [0.3, 0.4) is 0 Å². The van der Waals surface area contributed by atoms with Crippen LogP contribution in [0.4, 0.5) is 23.7 Å². The Bertz CT molecular complexity index is 1380. The highest BCUT2D eigenvalue weighted by atomic mass is 32.2. The molecule has 2 aromatic carbocycles. The molecular formula is C26H28F3N3O6S2. The smallest absolute Gasteiger partial charge is 0.444 e. The second-order valence-corrected chi connectivity index (χ2v) is 13.7. The Morgan fingerprint density at radius 2 is 1.73 bits per heavy atom. The molecule has 2 amide bonds. The Morgan fingerprint density at radius 3 is 2.33 bits per heavy atom. The SMILES string of the molecule is CC(C)(C)OC(=O)N[C@H](Cc1ccccc1)C(=O)N=C1S[C@H]2CS(=O)(=O)C[C@@H]2N1c1ccc(OC(F)(F)F)cc1. The van der Waals surface area contributed by atoms with Gasteiger partial charge in [-0.25, -0.2) is 13.2 Å². The summed E-state index contributed by atoms with van der Waals surface area (Å²) in [6.45, 7) is 5.06. The molecular weight excluding hydrogens is 571 g/mol. The Labute approximate surface area is 234 Å². The maximum Gasteiger partial charge on any atom is 0.573 e. The highest BCUT2D eigenvalue weighted by Gasteiger charge is 2.49. The molecule has 2 saturated heterocycles. The number of nitrogens with zero attached hydrogens (tertiary/aromatic N) is 2. The first kappa shape index (κ1) is 29.7. The van der Waals surface area contributed by atoms with Gasteiger partial charge in [0.05, 0.1) is 17.5 Å². The molecule has 14 heteroatoms. The summed E-state index contributed by atoms with van der Waals surface area (Å²) in [7, 11) is -3.37. The number of alkyl carbamates (subject to hydrolysis) is 1. The van der Waals surface area contributed by atoms with Crippen LogP contribution in [0.1, 0.15) is 26.3 Å². The lowest BCUT2D eigenvalue weighted by Gasteiger charge is -2.25. The molecule has 0 aliphatic carbocycles. The highest BCUT2D eigenvalue weighted by Crippen LogP contribution is 2.41. The van der Waals surface area contributed by atoms with Gasteiger partial charge in [0.1, 0.15) is 17.4 Å². The molecule has 4 rings (SSSR count). The maximum absolute atomic E-state index is 13.5. The number of alkyl halides is 3. The molecule has 3 atom stereocenters. The monoisotopic (exact) mass is 599 g/mol. The van der Waals surface area contributed by atoms with Gasteiger partial charge in [0.15, 0.2) is 15.0 Å². The first-order valence-electron chi connectivity index (χ1n) is 12.3. The van der Waals surface area contributed by atoms with Crippen LogP contribution in [0.25, 0.3) is 0 Å². The molecule has 0 radical (unpaired) electrons. The molecule has 2 aromatic rings. The number of amides is 2. The number of ether oxygens (including phenoxy) is 2. The fourth-order valence-corrected chi connectivity index (χ4v) is 8.27. The zero-order valence-corrected chi connectivity index (χ0v) is 23.5. The average Bonchev–Trinajstić information content (AvgIpc) is 3.28. The van der Waals surface area contributed by atoms with Crippen LogP contribution in [0, 0.1) is 0 Å². The van der Waals surface area contributed by atoms with Crippen LogP contribution < -0.4 is 15.0 Å². The average molecular weight is 600 g/mol. The van der Waals surface area contributed by atoms with Crippen LogP contribution in [-0.4, -0.2) is 66.4 Å². The number of anilines is 1. The van der Waals surface area contributed by atoms with E-state index in [4.69, 9.17) is 4.74 Å². The number of amidine groups is 1. The number of carbonyl (C=O) groups excluding carboxylic acids is 2. The van der Waals surface area contributed by atoms with Gasteiger partial charge in [0, 0.05) is 17.4 Å². The third-order valence-corrected chi connectivity index (χ3v) is 9.10. The zero-order chi connectivity index (χ0) is 29.3. The first-order chi connectivity index (χ1) is 18.6. The predicted molar refractivity (Wildman–Crippen MR) is 145 cm³/mol. The summed E-state index contributed by atoms with van der Waals surface area (Å²) in [5.74, 6) is -1.48. The van der Waals surface area contributed by atoms with Crippen LogP contribution in [-0.2, 0) is 25.8 Å². The number of thioether (sulfide) groups is 1. The molecule has 0 aromatic heterocycles. The van der Waals surface area contributed by atoms with E-state index < -0.39 is 56.9 Å². The molecule has 0 unspecified atom stereocenters. The number of aliphatic imine (C=N–C) groups is 1. The Kier molecular flexibility index (Phi) is 8.41. The second kappa shape index (κ2) is 11.3. The predicted octanol–water partition coefficient (Wildman–Crippen LogP) is 4.32. The Balaban J connectivity index is 1.64. The van der Waals surface area contributed by atoms with Crippen LogP contribution >= 0.6 is 11.8 Å². The van der Waals surface area contributed by atoms with Crippen molar-refractivity contribution in [2.75, 3.05) is 16.4 Å². The highest BCUT2D eigenvalue weighted by molar-refractivity contribution is 8.16. The molecule has 2 aliphatic heterocycles. The topological polar surface area (TPSA) is 114 Å². The molecule has 2 heterocycles. The van der Waals surface area contributed by atoms with Crippen molar-refractivity contribution in [2.45, 2.75) is 56.5 Å². The van der Waals surface area contributed by atoms with Crippen molar-refractivity contribution < 1.29 is 40.7 Å². The summed E-state index contributed by atoms with van der Waals surface area (Å²) in [5, 5.41) is 2.33. The van der Waals surface area contributed by atoms with Gasteiger partial charge in [0.25, 0.3) is 5.91 Å². The van der Waals surface area contributed by atoms with E-state index in [0.717, 1.165) is 29.5 Å². The van der Waals surface area contributed by atoms with Crippen molar-refractivity contribution in [3.8, 4) is 5.75 Å². The Hall–Kier alpha value is -3.26. The minimum Gasteiger partial charge on any atom is -0.444 e. The molecule has 0 spiro atoms. The molecule has 2 fully saturated rings. The fraction of sp³-hybridized carbons (Fsp3) is 0.423.